The van der Waals surface area contributed by atoms with Crippen LogP contribution < -0.4 is 5.32 Å². The number of carbonyl (C=O) groups is 1. The summed E-state index contributed by atoms with van der Waals surface area (Å²) >= 11 is 1.52. The third-order valence-electron chi connectivity index (χ3n) is 5.69. The van der Waals surface area contributed by atoms with Gasteiger partial charge in [-0.3, -0.25) is 19.2 Å². The number of hydrogen-bond acceptors (Lipinski definition) is 6. The molecule has 0 unspecified atom stereocenters. The predicted molar refractivity (Wildman–Crippen MR) is 103 cm³/mol. The number of morpholine rings is 1. The Morgan fingerprint density at radius 3 is 2.89 bits per heavy atom. The highest BCUT2D eigenvalue weighted by atomic mass is 32.1. The van der Waals surface area contributed by atoms with Crippen LogP contribution in [-0.4, -0.2) is 63.7 Å². The number of aromatic nitrogens is 3. The Labute approximate surface area is 161 Å². The van der Waals surface area contributed by atoms with Gasteiger partial charge >= 0.3 is 0 Å². The summed E-state index contributed by atoms with van der Waals surface area (Å²) in [5.74, 6) is -0.0372. The van der Waals surface area contributed by atoms with Crippen LogP contribution >= 0.6 is 11.3 Å². The monoisotopic (exact) mass is 383 g/mol. The van der Waals surface area contributed by atoms with E-state index in [2.05, 4.69) is 27.2 Å². The minimum Gasteiger partial charge on any atom is -0.378 e. The van der Waals surface area contributed by atoms with E-state index < -0.39 is 0 Å². The van der Waals surface area contributed by atoms with Gasteiger partial charge in [-0.25, -0.2) is 4.98 Å². The summed E-state index contributed by atoms with van der Waals surface area (Å²) in [6, 6.07) is 4.75. The molecule has 2 fully saturated rings. The summed E-state index contributed by atoms with van der Waals surface area (Å²) in [4.78, 5) is 24.1. The van der Waals surface area contributed by atoms with E-state index in [0.29, 0.717) is 17.6 Å². The molecule has 1 N–H and O–H groups in total. The van der Waals surface area contributed by atoms with Crippen molar-refractivity contribution in [1.82, 2.24) is 24.8 Å². The second kappa shape index (κ2) is 6.70. The number of rotatable bonds is 3. The number of piperidine rings is 1. The van der Waals surface area contributed by atoms with E-state index in [1.54, 1.807) is 17.9 Å². The Morgan fingerprint density at radius 1 is 1.33 bits per heavy atom. The van der Waals surface area contributed by atoms with Crippen LogP contribution in [0.25, 0.3) is 16.0 Å². The van der Waals surface area contributed by atoms with Crippen molar-refractivity contribution in [2.24, 2.45) is 0 Å². The maximum atomic E-state index is 13.1. The largest absolute Gasteiger partial charge is 0.378 e. The Kier molecular flexibility index (Phi) is 4.18. The van der Waals surface area contributed by atoms with Crippen molar-refractivity contribution >= 4 is 28.3 Å². The molecule has 2 aliphatic heterocycles. The fourth-order valence-electron chi connectivity index (χ4n) is 4.21. The molecule has 1 amide bonds. The Bertz CT molecular complexity index is 956. The van der Waals surface area contributed by atoms with Crippen LogP contribution in [0.15, 0.2) is 36.2 Å². The normalized spacial score (nSPS) is 25.6. The highest BCUT2D eigenvalue weighted by molar-refractivity contribution is 7.12. The van der Waals surface area contributed by atoms with Crippen molar-refractivity contribution in [3.63, 3.8) is 0 Å². The third kappa shape index (κ3) is 2.93. The third-order valence-corrected chi connectivity index (χ3v) is 6.46. The molecule has 2 saturated heterocycles. The molecule has 5 heterocycles. The minimum absolute atomic E-state index is 0.0372. The lowest BCUT2D eigenvalue weighted by atomic mass is 9.90. The van der Waals surface area contributed by atoms with E-state index in [4.69, 9.17) is 4.74 Å². The molecule has 0 spiro atoms. The highest BCUT2D eigenvalue weighted by Gasteiger charge is 2.37. The molecule has 2 bridgehead atoms. The number of amides is 1. The molecule has 8 heteroatoms. The van der Waals surface area contributed by atoms with Crippen molar-refractivity contribution in [2.45, 2.75) is 31.0 Å². The number of likely N-dealkylation sites (N-methyl/N-ethyl adjacent to an activating group) is 1. The predicted octanol–water partition coefficient (Wildman–Crippen LogP) is 2.07. The Morgan fingerprint density at radius 2 is 2.15 bits per heavy atom. The van der Waals surface area contributed by atoms with Gasteiger partial charge in [0.05, 0.1) is 30.5 Å². The molecular formula is C19H21N5O2S. The van der Waals surface area contributed by atoms with Crippen LogP contribution in [0.3, 0.4) is 0 Å². The van der Waals surface area contributed by atoms with E-state index in [9.17, 15) is 4.79 Å². The quantitative estimate of drug-likeness (QED) is 0.750. The lowest BCUT2D eigenvalue weighted by molar-refractivity contribution is -0.0670. The van der Waals surface area contributed by atoms with Crippen LogP contribution in [0.5, 0.6) is 0 Å². The van der Waals surface area contributed by atoms with Crippen LogP contribution in [0.2, 0.25) is 0 Å². The molecule has 3 aromatic heterocycles. The van der Waals surface area contributed by atoms with E-state index in [-0.39, 0.29) is 11.9 Å². The van der Waals surface area contributed by atoms with Crippen molar-refractivity contribution in [3.8, 4) is 5.00 Å². The second-order valence-electron chi connectivity index (χ2n) is 7.28. The average Bonchev–Trinajstić information content (AvgIpc) is 3.30. The van der Waals surface area contributed by atoms with Crippen molar-refractivity contribution in [3.05, 3.63) is 41.8 Å². The van der Waals surface area contributed by atoms with Crippen LogP contribution in [-0.2, 0) is 4.74 Å². The number of nitrogens with zero attached hydrogens (tertiary/aromatic N) is 4. The zero-order valence-corrected chi connectivity index (χ0v) is 15.9. The summed E-state index contributed by atoms with van der Waals surface area (Å²) in [5.41, 5.74) is 3.22. The molecular weight excluding hydrogens is 362 g/mol. The number of thiazole rings is 1. The maximum absolute atomic E-state index is 13.1. The summed E-state index contributed by atoms with van der Waals surface area (Å²) < 4.78 is 7.62. The number of nitrogens with one attached hydrogen (secondary N) is 1. The molecule has 2 aliphatic rings. The van der Waals surface area contributed by atoms with Crippen molar-refractivity contribution < 1.29 is 9.53 Å². The lowest BCUT2D eigenvalue weighted by Crippen LogP contribution is -2.59. The van der Waals surface area contributed by atoms with E-state index in [0.717, 1.165) is 42.1 Å². The highest BCUT2D eigenvalue weighted by Crippen LogP contribution is 2.28. The summed E-state index contributed by atoms with van der Waals surface area (Å²) in [6.45, 7) is 1.49. The molecule has 0 saturated carbocycles. The van der Waals surface area contributed by atoms with Gasteiger partial charge in [0.15, 0.2) is 0 Å². The van der Waals surface area contributed by atoms with Gasteiger partial charge in [-0.2, -0.15) is 0 Å². The van der Waals surface area contributed by atoms with Crippen LogP contribution in [0.1, 0.15) is 23.2 Å². The molecule has 140 valence electrons. The number of hydrogen-bond donors (Lipinski definition) is 1. The number of carbonyl (C=O) groups excluding carboxylic acids is 1. The number of fused-ring (bicyclic) bond motifs is 3. The van der Waals surface area contributed by atoms with E-state index in [1.807, 2.05) is 22.9 Å². The van der Waals surface area contributed by atoms with Crippen LogP contribution in [0, 0.1) is 0 Å². The standard InChI is InChI=1S/C19H21N5O2S/c1-23-13-5-12(6-14(23)10-26-9-13)22-19(25)16-8-24(17-7-20-11-27-17)18-15(16)3-2-4-21-18/h2-4,7-8,11-14H,5-6,9-10H2,1H3,(H,22,25)/t12-,13-,14+. The van der Waals surface area contributed by atoms with Crippen molar-refractivity contribution in [2.75, 3.05) is 20.3 Å². The molecule has 5 rings (SSSR count). The number of ether oxygens (including phenoxy) is 1. The van der Waals surface area contributed by atoms with Gasteiger partial charge < -0.3 is 10.1 Å². The molecule has 27 heavy (non-hydrogen) atoms. The van der Waals surface area contributed by atoms with Gasteiger partial charge in [0.25, 0.3) is 5.91 Å². The van der Waals surface area contributed by atoms with Gasteiger partial charge in [-0.15, -0.1) is 11.3 Å². The van der Waals surface area contributed by atoms with E-state index in [1.165, 1.54) is 11.3 Å². The first-order valence-electron chi connectivity index (χ1n) is 9.16. The zero-order valence-electron chi connectivity index (χ0n) is 15.0. The lowest BCUT2D eigenvalue weighted by Gasteiger charge is -2.46. The summed E-state index contributed by atoms with van der Waals surface area (Å²) in [6.07, 6.45) is 7.26. The number of pyridine rings is 1. The van der Waals surface area contributed by atoms with Gasteiger partial charge in [-0.1, -0.05) is 0 Å². The molecule has 3 aromatic rings. The Hall–Kier alpha value is -2.29. The fraction of sp³-hybridized carbons (Fsp3) is 0.421. The van der Waals surface area contributed by atoms with Crippen molar-refractivity contribution in [1.29, 1.82) is 0 Å². The van der Waals surface area contributed by atoms with Gasteiger partial charge in [0.2, 0.25) is 0 Å². The topological polar surface area (TPSA) is 72.3 Å². The maximum Gasteiger partial charge on any atom is 0.253 e. The SMILES string of the molecule is CN1[C@@H]2COC[C@H]1C[C@@H](NC(=O)c1cn(-c3cncs3)c3ncccc13)C2. The molecule has 0 aliphatic carbocycles. The Balaban J connectivity index is 1.43. The first-order valence-corrected chi connectivity index (χ1v) is 10.0. The molecule has 7 nitrogen and oxygen atoms in total. The van der Waals surface area contributed by atoms with E-state index >= 15 is 0 Å². The van der Waals surface area contributed by atoms with Gasteiger partial charge in [0, 0.05) is 35.9 Å². The molecule has 0 radical (unpaired) electrons. The minimum atomic E-state index is -0.0372. The molecule has 0 aromatic carbocycles. The van der Waals surface area contributed by atoms with Crippen LogP contribution in [0.4, 0.5) is 0 Å². The first-order chi connectivity index (χ1) is 13.2. The second-order valence-corrected chi connectivity index (χ2v) is 8.14. The smallest absolute Gasteiger partial charge is 0.253 e. The fourth-order valence-corrected chi connectivity index (χ4v) is 4.82. The zero-order chi connectivity index (χ0) is 18.4. The summed E-state index contributed by atoms with van der Waals surface area (Å²) in [7, 11) is 2.16. The van der Waals surface area contributed by atoms with Gasteiger partial charge in [-0.05, 0) is 32.0 Å². The first kappa shape index (κ1) is 16.9. The molecule has 3 atom stereocenters. The average molecular weight is 383 g/mol. The summed E-state index contributed by atoms with van der Waals surface area (Å²) in [5, 5.41) is 5.07. The van der Waals surface area contributed by atoms with Gasteiger partial charge in [0.1, 0.15) is 10.6 Å².